The Bertz CT molecular complexity index is 584. The number of alkyl halides is 1. The maximum atomic E-state index is 13.7. The van der Waals surface area contributed by atoms with Gasteiger partial charge in [0.15, 0.2) is 5.44 Å². The molecule has 0 N–H and O–H groups in total. The van der Waals surface area contributed by atoms with E-state index in [1.54, 1.807) is 0 Å². The van der Waals surface area contributed by atoms with Crippen LogP contribution in [0.1, 0.15) is 23.7 Å². The summed E-state index contributed by atoms with van der Waals surface area (Å²) in [5.74, 6) is -1.14. The van der Waals surface area contributed by atoms with E-state index < -0.39 is 23.5 Å². The molecule has 0 unspecified atom stereocenters. The van der Waals surface area contributed by atoms with Crippen LogP contribution in [0.3, 0.4) is 0 Å². The molecule has 0 aliphatic carbocycles. The average Bonchev–Trinajstić information content (AvgIpc) is 2.76. The molecule has 0 amide bonds. The minimum absolute atomic E-state index is 0.0145. The number of benzene rings is 1. The zero-order chi connectivity index (χ0) is 16.3. The molecule has 1 aromatic rings. The van der Waals surface area contributed by atoms with Gasteiger partial charge in [-0.1, -0.05) is 23.2 Å². The first-order valence-corrected chi connectivity index (χ1v) is 8.15. The van der Waals surface area contributed by atoms with Crippen molar-refractivity contribution in [1.82, 2.24) is 0 Å². The highest BCUT2D eigenvalue weighted by atomic mass is 35.5. The van der Waals surface area contributed by atoms with Gasteiger partial charge in [0.1, 0.15) is 12.8 Å². The van der Waals surface area contributed by atoms with Gasteiger partial charge < -0.3 is 9.47 Å². The summed E-state index contributed by atoms with van der Waals surface area (Å²) in [6.45, 7) is 1.24. The quantitative estimate of drug-likeness (QED) is 0.756. The van der Waals surface area contributed by atoms with E-state index in [9.17, 15) is 14.0 Å². The predicted molar refractivity (Wildman–Crippen MR) is 83.2 cm³/mol. The average molecular weight is 367 g/mol. The zero-order valence-corrected chi connectivity index (χ0v) is 13.9. The van der Waals surface area contributed by atoms with Crippen molar-refractivity contribution in [2.45, 2.75) is 30.2 Å². The van der Waals surface area contributed by atoms with Crippen LogP contribution in [0.4, 0.5) is 4.39 Å². The van der Waals surface area contributed by atoms with E-state index in [4.69, 9.17) is 32.7 Å². The molecule has 1 heterocycles. The summed E-state index contributed by atoms with van der Waals surface area (Å²) >= 11 is 12.8. The van der Waals surface area contributed by atoms with Crippen molar-refractivity contribution in [3.63, 3.8) is 0 Å². The van der Waals surface area contributed by atoms with Gasteiger partial charge in [-0.3, -0.25) is 4.79 Å². The molecule has 0 saturated carbocycles. The van der Waals surface area contributed by atoms with Crippen LogP contribution in [0.5, 0.6) is 0 Å². The highest BCUT2D eigenvalue weighted by molar-refractivity contribution is 8.00. The van der Waals surface area contributed by atoms with E-state index in [0.717, 1.165) is 11.8 Å². The maximum Gasteiger partial charge on any atom is 0.339 e. The third kappa shape index (κ3) is 4.51. The van der Waals surface area contributed by atoms with Crippen LogP contribution >= 0.6 is 35.0 Å². The largest absolute Gasteiger partial charge is 0.461 e. The van der Waals surface area contributed by atoms with Crippen LogP contribution in [0.25, 0.3) is 0 Å². The Kier molecular flexibility index (Phi) is 5.94. The number of ether oxygens (including phenoxy) is 2. The van der Waals surface area contributed by atoms with Gasteiger partial charge in [0.25, 0.3) is 0 Å². The zero-order valence-electron chi connectivity index (χ0n) is 11.6. The third-order valence-electron chi connectivity index (χ3n) is 2.94. The molecule has 1 aromatic carbocycles. The SMILES string of the molecule is CC(=O)O[C@@H]1S[C@H](COC(=O)c2ccc(Cl)cc2Cl)C[C@@H]1F. The molecule has 120 valence electrons. The van der Waals surface area contributed by atoms with Crippen LogP contribution < -0.4 is 0 Å². The lowest BCUT2D eigenvalue weighted by atomic mass is 10.2. The van der Waals surface area contributed by atoms with E-state index >= 15 is 0 Å². The number of hydrogen-bond acceptors (Lipinski definition) is 5. The molecule has 1 fully saturated rings. The number of carbonyl (C=O) groups is 2. The van der Waals surface area contributed by atoms with Crippen molar-refractivity contribution in [1.29, 1.82) is 0 Å². The summed E-state index contributed by atoms with van der Waals surface area (Å²) in [5, 5.41) is 0.338. The second kappa shape index (κ2) is 7.53. The van der Waals surface area contributed by atoms with Gasteiger partial charge in [-0.2, -0.15) is 0 Å². The van der Waals surface area contributed by atoms with Crippen molar-refractivity contribution in [2.75, 3.05) is 6.61 Å². The molecule has 1 saturated heterocycles. The molecule has 2 rings (SSSR count). The normalized spacial score (nSPS) is 24.1. The second-order valence-corrected chi connectivity index (χ2v) is 6.96. The summed E-state index contributed by atoms with van der Waals surface area (Å²) in [6, 6.07) is 4.44. The van der Waals surface area contributed by atoms with Crippen LogP contribution in [-0.2, 0) is 14.3 Å². The van der Waals surface area contributed by atoms with Gasteiger partial charge in [0.2, 0.25) is 0 Å². The van der Waals surface area contributed by atoms with Gasteiger partial charge in [0, 0.05) is 17.2 Å². The Labute approximate surface area is 141 Å². The molecule has 8 heteroatoms. The predicted octanol–water partition coefficient (Wildman–Crippen LogP) is 3.88. The molecule has 0 spiro atoms. The van der Waals surface area contributed by atoms with Crippen LogP contribution in [-0.4, -0.2) is 35.4 Å². The first-order chi connectivity index (χ1) is 10.4. The number of halogens is 3. The van der Waals surface area contributed by atoms with Gasteiger partial charge in [-0.15, -0.1) is 11.8 Å². The number of thioether (sulfide) groups is 1. The van der Waals surface area contributed by atoms with Gasteiger partial charge in [-0.05, 0) is 24.6 Å². The standard InChI is InChI=1S/C14H13Cl2FO4S/c1-7(18)21-14-12(17)5-9(22-14)6-20-13(19)10-3-2-8(15)4-11(10)16/h2-4,9,12,14H,5-6H2,1H3/t9-,12-,14+/m0/s1. The van der Waals surface area contributed by atoms with E-state index in [2.05, 4.69) is 0 Å². The van der Waals surface area contributed by atoms with E-state index in [1.807, 2.05) is 0 Å². The van der Waals surface area contributed by atoms with Crippen LogP contribution in [0, 0.1) is 0 Å². The van der Waals surface area contributed by atoms with Crippen LogP contribution in [0.15, 0.2) is 18.2 Å². The lowest BCUT2D eigenvalue weighted by molar-refractivity contribution is -0.144. The second-order valence-electron chi connectivity index (χ2n) is 4.71. The molecule has 1 aliphatic heterocycles. The maximum absolute atomic E-state index is 13.7. The summed E-state index contributed by atoms with van der Waals surface area (Å²) < 4.78 is 23.7. The smallest absolute Gasteiger partial charge is 0.339 e. The number of hydrogen-bond donors (Lipinski definition) is 0. The lowest BCUT2D eigenvalue weighted by Crippen LogP contribution is -2.18. The monoisotopic (exact) mass is 366 g/mol. The van der Waals surface area contributed by atoms with E-state index in [-0.39, 0.29) is 28.9 Å². The van der Waals surface area contributed by atoms with Crippen molar-refractivity contribution in [3.8, 4) is 0 Å². The van der Waals surface area contributed by atoms with Crippen molar-refractivity contribution in [3.05, 3.63) is 33.8 Å². The Hall–Kier alpha value is -0.980. The number of carbonyl (C=O) groups excluding carboxylic acids is 2. The Morgan fingerprint density at radius 2 is 2.14 bits per heavy atom. The van der Waals surface area contributed by atoms with Crippen molar-refractivity contribution >= 4 is 46.9 Å². The van der Waals surface area contributed by atoms with E-state index in [1.165, 1.54) is 25.1 Å². The molecule has 3 atom stereocenters. The fraction of sp³-hybridized carbons (Fsp3) is 0.429. The first-order valence-electron chi connectivity index (χ1n) is 6.45. The third-order valence-corrected chi connectivity index (χ3v) is 4.86. The number of rotatable bonds is 4. The fourth-order valence-electron chi connectivity index (χ4n) is 1.97. The summed E-state index contributed by atoms with van der Waals surface area (Å²) in [4.78, 5) is 22.8. The Morgan fingerprint density at radius 1 is 1.41 bits per heavy atom. The first kappa shape index (κ1) is 17.4. The molecule has 0 radical (unpaired) electrons. The van der Waals surface area contributed by atoms with Crippen molar-refractivity contribution < 1.29 is 23.5 Å². The molecule has 0 bridgehead atoms. The molecule has 4 nitrogen and oxygen atoms in total. The molecule has 22 heavy (non-hydrogen) atoms. The summed E-state index contributed by atoms with van der Waals surface area (Å²) in [5.41, 5.74) is -0.650. The van der Waals surface area contributed by atoms with Crippen molar-refractivity contribution in [2.24, 2.45) is 0 Å². The van der Waals surface area contributed by atoms with Gasteiger partial charge in [0.05, 0.1) is 10.6 Å². The van der Waals surface area contributed by atoms with Crippen LogP contribution in [0.2, 0.25) is 10.0 Å². The molecular weight excluding hydrogens is 354 g/mol. The minimum atomic E-state index is -1.27. The molecule has 0 aromatic heterocycles. The highest BCUT2D eigenvalue weighted by Gasteiger charge is 2.38. The molecular formula is C14H13Cl2FO4S. The van der Waals surface area contributed by atoms with Gasteiger partial charge in [-0.25, -0.2) is 9.18 Å². The fourth-order valence-corrected chi connectivity index (χ4v) is 3.75. The highest BCUT2D eigenvalue weighted by Crippen LogP contribution is 2.37. The topological polar surface area (TPSA) is 52.6 Å². The van der Waals surface area contributed by atoms with E-state index in [0.29, 0.717) is 5.02 Å². The minimum Gasteiger partial charge on any atom is -0.461 e. The lowest BCUT2D eigenvalue weighted by Gasteiger charge is -2.12. The Morgan fingerprint density at radius 3 is 2.77 bits per heavy atom. The summed E-state index contributed by atoms with van der Waals surface area (Å²) in [6.07, 6.45) is -1.11. The van der Waals surface area contributed by atoms with Gasteiger partial charge >= 0.3 is 11.9 Å². The molecule has 1 aliphatic rings. The summed E-state index contributed by atoms with van der Waals surface area (Å²) in [7, 11) is 0. The Balaban J connectivity index is 1.88. The number of esters is 2.